The van der Waals surface area contributed by atoms with E-state index in [2.05, 4.69) is 35.1 Å². The Morgan fingerprint density at radius 3 is 1.81 bits per heavy atom. The lowest BCUT2D eigenvalue weighted by Crippen LogP contribution is -2.32. The third-order valence-electron chi connectivity index (χ3n) is 5.32. The van der Waals surface area contributed by atoms with Gasteiger partial charge in [0.25, 0.3) is 0 Å². The van der Waals surface area contributed by atoms with Crippen molar-refractivity contribution in [2.45, 2.75) is 46.2 Å². The second-order valence-electron chi connectivity index (χ2n) is 8.02. The molecule has 2 heterocycles. The first-order chi connectivity index (χ1) is 14.8. The lowest BCUT2D eigenvalue weighted by atomic mass is 10.0. The summed E-state index contributed by atoms with van der Waals surface area (Å²) in [7, 11) is 0. The molecule has 7 nitrogen and oxygen atoms in total. The summed E-state index contributed by atoms with van der Waals surface area (Å²) in [4.78, 5) is 17.0. The molecule has 0 spiro atoms. The van der Waals surface area contributed by atoms with Crippen molar-refractivity contribution in [3.05, 3.63) is 71.0 Å². The second-order valence-corrected chi connectivity index (χ2v) is 8.02. The van der Waals surface area contributed by atoms with Gasteiger partial charge in [-0.3, -0.25) is 4.79 Å². The molecule has 2 aromatic heterocycles. The van der Waals surface area contributed by atoms with E-state index < -0.39 is 12.0 Å². The van der Waals surface area contributed by atoms with E-state index in [0.717, 1.165) is 27.5 Å². The minimum Gasteiger partial charge on any atom is -0.480 e. The maximum Gasteiger partial charge on any atom is 0.320 e. The molecule has 0 unspecified atom stereocenters. The summed E-state index contributed by atoms with van der Waals surface area (Å²) in [6.45, 7) is 4.11. The Labute approximate surface area is 188 Å². The minimum atomic E-state index is -0.970. The number of aryl methyl sites for hydroxylation is 2. The van der Waals surface area contributed by atoms with Gasteiger partial charge in [0.05, 0.1) is 6.61 Å². The van der Waals surface area contributed by atoms with E-state index in [0.29, 0.717) is 12.8 Å². The molecule has 4 rings (SSSR count). The predicted molar refractivity (Wildman–Crippen MR) is 131 cm³/mol. The highest BCUT2D eigenvalue weighted by atomic mass is 16.4. The largest absolute Gasteiger partial charge is 0.480 e. The Morgan fingerprint density at radius 2 is 1.38 bits per heavy atom. The third kappa shape index (κ3) is 5.97. The van der Waals surface area contributed by atoms with Crippen molar-refractivity contribution in [3.8, 4) is 0 Å². The monoisotopic (exact) mass is 438 g/mol. The number of carboxylic acids is 1. The van der Waals surface area contributed by atoms with Gasteiger partial charge in [0.1, 0.15) is 6.04 Å². The Morgan fingerprint density at radius 1 is 0.906 bits per heavy atom. The summed E-state index contributed by atoms with van der Waals surface area (Å²) >= 11 is 0. The number of aromatic nitrogens is 2. The van der Waals surface area contributed by atoms with Gasteiger partial charge in [-0.1, -0.05) is 30.7 Å². The van der Waals surface area contributed by atoms with Gasteiger partial charge in [-0.05, 0) is 55.7 Å². The molecular weight excluding hydrogens is 404 g/mol. The van der Waals surface area contributed by atoms with Gasteiger partial charge in [0.15, 0.2) is 0 Å². The summed E-state index contributed by atoms with van der Waals surface area (Å²) in [5, 5.41) is 20.0. The van der Waals surface area contributed by atoms with E-state index in [9.17, 15) is 4.79 Å². The molecule has 0 fully saturated rings. The SMILES string of the molecule is C.Cc1ccc2[nH]cc(C[C@H](N)C(=O)O)c2c1.Cc1ccc2[nH]cc(C[C@H](N)CO)c2c1. The van der Waals surface area contributed by atoms with Gasteiger partial charge >= 0.3 is 5.97 Å². The van der Waals surface area contributed by atoms with Crippen LogP contribution in [0.2, 0.25) is 0 Å². The number of aliphatic carboxylic acids is 1. The molecule has 0 aliphatic rings. The Kier molecular flexibility index (Phi) is 8.60. The predicted octanol–water partition coefficient (Wildman–Crippen LogP) is 3.41. The number of benzene rings is 2. The normalized spacial score (nSPS) is 12.7. The van der Waals surface area contributed by atoms with Crippen molar-refractivity contribution >= 4 is 27.8 Å². The van der Waals surface area contributed by atoms with Crippen molar-refractivity contribution in [2.24, 2.45) is 11.5 Å². The average molecular weight is 439 g/mol. The number of nitrogens with two attached hydrogens (primary N) is 2. The summed E-state index contributed by atoms with van der Waals surface area (Å²) in [5.41, 5.74) is 17.9. The molecular formula is C25H34N4O3. The average Bonchev–Trinajstić information content (AvgIpc) is 3.32. The molecule has 0 aliphatic heterocycles. The molecule has 2 aromatic carbocycles. The van der Waals surface area contributed by atoms with Gasteiger partial charge < -0.3 is 31.6 Å². The number of hydrogen-bond donors (Lipinski definition) is 6. The Hall–Kier alpha value is -3.13. The van der Waals surface area contributed by atoms with Crippen LogP contribution < -0.4 is 11.5 Å². The molecule has 0 saturated heterocycles. The highest BCUT2D eigenvalue weighted by Crippen LogP contribution is 2.21. The molecule has 4 aromatic rings. The van der Waals surface area contributed by atoms with Crippen molar-refractivity contribution in [1.29, 1.82) is 0 Å². The lowest BCUT2D eigenvalue weighted by molar-refractivity contribution is -0.138. The topological polar surface area (TPSA) is 141 Å². The van der Waals surface area contributed by atoms with Crippen LogP contribution in [0.4, 0.5) is 0 Å². The van der Waals surface area contributed by atoms with Gasteiger partial charge in [0.2, 0.25) is 0 Å². The fourth-order valence-electron chi connectivity index (χ4n) is 3.59. The number of carbonyl (C=O) groups is 1. The Balaban J connectivity index is 0.000000220. The van der Waals surface area contributed by atoms with Crippen LogP contribution in [0.3, 0.4) is 0 Å². The number of nitrogens with one attached hydrogen (secondary N) is 2. The first-order valence-electron chi connectivity index (χ1n) is 10.3. The molecule has 0 amide bonds. The molecule has 2 atom stereocenters. The first-order valence-corrected chi connectivity index (χ1v) is 10.3. The van der Waals surface area contributed by atoms with E-state index in [1.54, 1.807) is 0 Å². The Bertz CT molecular complexity index is 1180. The maximum atomic E-state index is 10.7. The molecule has 0 aliphatic carbocycles. The molecule has 0 saturated carbocycles. The number of aliphatic hydroxyl groups excluding tert-OH is 1. The molecule has 0 radical (unpaired) electrons. The zero-order valence-electron chi connectivity index (χ0n) is 17.9. The standard InChI is InChI=1S/C12H14N2O2.C12H16N2O.CH4/c1-7-2-3-11-9(4-7)8(6-14-11)5-10(13)12(15)16;1-8-2-3-12-11(4-8)9(6-14-12)5-10(13)7-15;/h2-4,6,10,14H,5,13H2,1H3,(H,15,16);2-4,6,10,14-15H,5,7,13H2,1H3;1H4/t2*10-;/m00./s1. The molecule has 7 heteroatoms. The molecule has 172 valence electrons. The minimum absolute atomic E-state index is 0. The summed E-state index contributed by atoms with van der Waals surface area (Å²) in [6, 6.07) is 11.3. The first kappa shape index (κ1) is 25.1. The van der Waals surface area contributed by atoms with Crippen molar-refractivity contribution < 1.29 is 15.0 Å². The van der Waals surface area contributed by atoms with E-state index in [1.165, 1.54) is 16.5 Å². The van der Waals surface area contributed by atoms with Gasteiger partial charge in [-0.25, -0.2) is 0 Å². The third-order valence-corrected chi connectivity index (χ3v) is 5.32. The van der Waals surface area contributed by atoms with E-state index in [-0.39, 0.29) is 20.1 Å². The zero-order valence-corrected chi connectivity index (χ0v) is 17.9. The van der Waals surface area contributed by atoms with Crippen LogP contribution in [0.25, 0.3) is 21.8 Å². The number of H-pyrrole nitrogens is 2. The number of hydrogen-bond acceptors (Lipinski definition) is 4. The van der Waals surface area contributed by atoms with E-state index >= 15 is 0 Å². The number of aliphatic hydroxyl groups is 1. The van der Waals surface area contributed by atoms with Crippen LogP contribution in [0.1, 0.15) is 29.7 Å². The number of carboxylic acid groups (broad SMARTS) is 1. The number of fused-ring (bicyclic) bond motifs is 2. The highest BCUT2D eigenvalue weighted by molar-refractivity contribution is 5.85. The van der Waals surface area contributed by atoms with Crippen molar-refractivity contribution in [1.82, 2.24) is 9.97 Å². The number of rotatable bonds is 6. The van der Waals surface area contributed by atoms with Crippen LogP contribution in [0.5, 0.6) is 0 Å². The molecule has 0 bridgehead atoms. The quantitative estimate of drug-likeness (QED) is 0.274. The van der Waals surface area contributed by atoms with Gasteiger partial charge in [-0.15, -0.1) is 0 Å². The van der Waals surface area contributed by atoms with Crippen LogP contribution in [-0.4, -0.2) is 44.8 Å². The second kappa shape index (κ2) is 10.9. The lowest BCUT2D eigenvalue weighted by Gasteiger charge is -2.06. The molecule has 8 N–H and O–H groups in total. The van der Waals surface area contributed by atoms with E-state index in [1.807, 2.05) is 37.5 Å². The fourth-order valence-corrected chi connectivity index (χ4v) is 3.59. The summed E-state index contributed by atoms with van der Waals surface area (Å²) < 4.78 is 0. The fraction of sp³-hybridized carbons (Fsp3) is 0.320. The van der Waals surface area contributed by atoms with Crippen LogP contribution in [0.15, 0.2) is 48.8 Å². The van der Waals surface area contributed by atoms with Crippen LogP contribution in [-0.2, 0) is 17.6 Å². The molecule has 32 heavy (non-hydrogen) atoms. The summed E-state index contributed by atoms with van der Waals surface area (Å²) in [5.74, 6) is -0.970. The maximum absolute atomic E-state index is 10.7. The van der Waals surface area contributed by atoms with Gasteiger partial charge in [-0.2, -0.15) is 0 Å². The number of aromatic amines is 2. The smallest absolute Gasteiger partial charge is 0.320 e. The van der Waals surface area contributed by atoms with Crippen molar-refractivity contribution in [3.63, 3.8) is 0 Å². The van der Waals surface area contributed by atoms with Crippen molar-refractivity contribution in [2.75, 3.05) is 6.61 Å². The zero-order chi connectivity index (χ0) is 22.5. The van der Waals surface area contributed by atoms with Gasteiger partial charge in [0, 0.05) is 46.7 Å². The highest BCUT2D eigenvalue weighted by Gasteiger charge is 2.14. The van der Waals surface area contributed by atoms with Crippen LogP contribution in [0, 0.1) is 13.8 Å². The van der Waals surface area contributed by atoms with E-state index in [4.69, 9.17) is 21.7 Å². The summed E-state index contributed by atoms with van der Waals surface area (Å²) in [6.07, 6.45) is 4.85. The van der Waals surface area contributed by atoms with Crippen LogP contribution >= 0.6 is 0 Å².